The van der Waals surface area contributed by atoms with Crippen LogP contribution in [0.3, 0.4) is 0 Å². The van der Waals surface area contributed by atoms with Crippen molar-refractivity contribution in [3.8, 4) is 12.1 Å². The fraction of sp³-hybridized carbons (Fsp3) is 0.727. The highest BCUT2D eigenvalue weighted by atomic mass is 16.8. The van der Waals surface area contributed by atoms with Gasteiger partial charge in [-0.3, -0.25) is 0 Å². The Morgan fingerprint density at radius 2 is 2.06 bits per heavy atom. The lowest BCUT2D eigenvalue weighted by molar-refractivity contribution is -0.186. The fourth-order valence-electron chi connectivity index (χ4n) is 3.50. The van der Waals surface area contributed by atoms with E-state index in [2.05, 4.69) is 17.1 Å². The Balaban J connectivity index is 2.20. The van der Waals surface area contributed by atoms with Crippen molar-refractivity contribution in [2.24, 2.45) is 27.5 Å². The van der Waals surface area contributed by atoms with Gasteiger partial charge in [-0.05, 0) is 6.42 Å². The Bertz CT molecular complexity index is 497. The Morgan fingerprint density at radius 3 is 2.47 bits per heavy atom. The van der Waals surface area contributed by atoms with Crippen molar-refractivity contribution in [1.82, 2.24) is 0 Å². The Labute approximate surface area is 98.6 Å². The van der Waals surface area contributed by atoms with Gasteiger partial charge < -0.3 is 15.2 Å². The zero-order chi connectivity index (χ0) is 12.3. The van der Waals surface area contributed by atoms with Crippen molar-refractivity contribution < 1.29 is 9.47 Å². The molecule has 2 N–H and O–H groups in total. The number of aliphatic imine (C=N–C) groups is 1. The van der Waals surface area contributed by atoms with Gasteiger partial charge in [0.1, 0.15) is 11.3 Å². The number of rotatable bonds is 1. The van der Waals surface area contributed by atoms with Crippen molar-refractivity contribution in [3.05, 3.63) is 0 Å². The standard InChI is InChI=1S/C11H12N4O2/c1-2-7-9(5-12)8(14)15-11(10(7,9)6-13)16-3-4-17-11/h7H,2-4H2,1H3,(H2,14,15)/t7-,9-,10-/m1/s1. The summed E-state index contributed by atoms with van der Waals surface area (Å²) in [5.41, 5.74) is 3.77. The Hall–Kier alpha value is -1.63. The summed E-state index contributed by atoms with van der Waals surface area (Å²) in [5.74, 6) is -1.33. The van der Waals surface area contributed by atoms with Crippen molar-refractivity contribution in [2.75, 3.05) is 13.2 Å². The van der Waals surface area contributed by atoms with E-state index in [-0.39, 0.29) is 11.8 Å². The first kappa shape index (κ1) is 10.5. The fourth-order valence-corrected chi connectivity index (χ4v) is 3.50. The third-order valence-corrected chi connectivity index (χ3v) is 4.19. The highest BCUT2D eigenvalue weighted by molar-refractivity contribution is 5.98. The van der Waals surface area contributed by atoms with Crippen molar-refractivity contribution in [3.63, 3.8) is 0 Å². The first-order chi connectivity index (χ1) is 8.15. The molecule has 3 aliphatic rings. The van der Waals surface area contributed by atoms with Crippen LogP contribution in [0, 0.1) is 39.4 Å². The number of nitriles is 2. The van der Waals surface area contributed by atoms with E-state index in [4.69, 9.17) is 15.2 Å². The predicted octanol–water partition coefficient (Wildman–Crippen LogP) is 0.118. The summed E-state index contributed by atoms with van der Waals surface area (Å²) in [6.07, 6.45) is 0.672. The van der Waals surface area contributed by atoms with E-state index >= 15 is 0 Å². The summed E-state index contributed by atoms with van der Waals surface area (Å²) in [6.45, 7) is 2.67. The van der Waals surface area contributed by atoms with Crippen LogP contribution in [-0.2, 0) is 9.47 Å². The maximum Gasteiger partial charge on any atom is 0.293 e. The van der Waals surface area contributed by atoms with Gasteiger partial charge in [-0.2, -0.15) is 10.5 Å². The van der Waals surface area contributed by atoms with E-state index in [9.17, 15) is 10.5 Å². The number of hydrogen-bond donors (Lipinski definition) is 1. The minimum atomic E-state index is -1.34. The lowest BCUT2D eigenvalue weighted by Gasteiger charge is -2.25. The molecule has 0 radical (unpaired) electrons. The molecule has 2 heterocycles. The van der Waals surface area contributed by atoms with Crippen LogP contribution in [-0.4, -0.2) is 25.0 Å². The van der Waals surface area contributed by atoms with Crippen LogP contribution in [0.15, 0.2) is 4.99 Å². The zero-order valence-electron chi connectivity index (χ0n) is 9.43. The first-order valence-electron chi connectivity index (χ1n) is 5.61. The zero-order valence-corrected chi connectivity index (χ0v) is 9.43. The molecule has 0 unspecified atom stereocenters. The number of nitrogens with two attached hydrogens (primary N) is 1. The van der Waals surface area contributed by atoms with Crippen LogP contribution < -0.4 is 5.73 Å². The quantitative estimate of drug-likeness (QED) is 0.691. The topological polar surface area (TPSA) is 104 Å². The average molecular weight is 232 g/mol. The summed E-state index contributed by atoms with van der Waals surface area (Å²) in [6, 6.07) is 4.37. The minimum absolute atomic E-state index is 0.166. The van der Waals surface area contributed by atoms with Crippen molar-refractivity contribution in [2.45, 2.75) is 19.3 Å². The molecule has 1 saturated heterocycles. The minimum Gasteiger partial charge on any atom is -0.386 e. The van der Waals surface area contributed by atoms with E-state index in [0.717, 1.165) is 0 Å². The molecular weight excluding hydrogens is 220 g/mol. The molecule has 3 atom stereocenters. The molecule has 0 aromatic carbocycles. The normalized spacial score (nSPS) is 44.9. The molecule has 0 aromatic rings. The molecule has 6 nitrogen and oxygen atoms in total. The van der Waals surface area contributed by atoms with E-state index < -0.39 is 16.7 Å². The molecule has 0 aromatic heterocycles. The maximum absolute atomic E-state index is 9.52. The van der Waals surface area contributed by atoms with Crippen LogP contribution in [0.25, 0.3) is 0 Å². The summed E-state index contributed by atoms with van der Waals surface area (Å²) < 4.78 is 11.0. The van der Waals surface area contributed by atoms with Gasteiger partial charge in [0.2, 0.25) is 0 Å². The second kappa shape index (κ2) is 2.79. The van der Waals surface area contributed by atoms with Gasteiger partial charge in [0.05, 0.1) is 25.4 Å². The molecular formula is C11H12N4O2. The van der Waals surface area contributed by atoms with Gasteiger partial charge in [-0.15, -0.1) is 0 Å². The van der Waals surface area contributed by atoms with Gasteiger partial charge >= 0.3 is 0 Å². The Kier molecular flexibility index (Phi) is 1.72. The van der Waals surface area contributed by atoms with Gasteiger partial charge in [0.25, 0.3) is 5.91 Å². The molecule has 3 rings (SSSR count). The van der Waals surface area contributed by atoms with Crippen LogP contribution in [0.1, 0.15) is 13.3 Å². The largest absolute Gasteiger partial charge is 0.386 e. The second-order valence-electron chi connectivity index (χ2n) is 4.58. The van der Waals surface area contributed by atoms with Crippen LogP contribution >= 0.6 is 0 Å². The third-order valence-electron chi connectivity index (χ3n) is 4.19. The van der Waals surface area contributed by atoms with Crippen molar-refractivity contribution >= 4 is 5.84 Å². The summed E-state index contributed by atoms with van der Waals surface area (Å²) in [5, 5.41) is 18.9. The number of fused-ring (bicyclic) bond motifs is 2. The molecule has 17 heavy (non-hydrogen) atoms. The lowest BCUT2D eigenvalue weighted by atomic mass is 9.94. The number of ether oxygens (including phenoxy) is 2. The smallest absolute Gasteiger partial charge is 0.293 e. The SMILES string of the molecule is CC[C@@H]1[C@]2(C#N)C(N)=NC3(OCCO3)[C@]12C#N. The molecule has 88 valence electrons. The molecule has 2 fully saturated rings. The summed E-state index contributed by atoms with van der Waals surface area (Å²) in [4.78, 5) is 4.14. The van der Waals surface area contributed by atoms with Crippen LogP contribution in [0.5, 0.6) is 0 Å². The van der Waals surface area contributed by atoms with E-state index in [1.807, 2.05) is 6.92 Å². The molecule has 1 spiro atoms. The highest BCUT2D eigenvalue weighted by Crippen LogP contribution is 2.79. The molecule has 0 amide bonds. The lowest BCUT2D eigenvalue weighted by Crippen LogP contribution is -2.39. The van der Waals surface area contributed by atoms with Gasteiger partial charge in [0.15, 0.2) is 5.41 Å². The second-order valence-corrected chi connectivity index (χ2v) is 4.58. The molecule has 2 aliphatic heterocycles. The van der Waals surface area contributed by atoms with Gasteiger partial charge in [-0.1, -0.05) is 6.92 Å². The monoisotopic (exact) mass is 232 g/mol. The maximum atomic E-state index is 9.52. The van der Waals surface area contributed by atoms with Crippen LogP contribution in [0.2, 0.25) is 0 Å². The third kappa shape index (κ3) is 0.744. The molecule has 0 bridgehead atoms. The predicted molar refractivity (Wildman–Crippen MR) is 56.1 cm³/mol. The molecule has 6 heteroatoms. The van der Waals surface area contributed by atoms with Gasteiger partial charge in [-0.25, -0.2) is 4.99 Å². The van der Waals surface area contributed by atoms with E-state index in [0.29, 0.717) is 19.6 Å². The molecule has 1 saturated carbocycles. The summed E-state index contributed by atoms with van der Waals surface area (Å²) >= 11 is 0. The summed E-state index contributed by atoms with van der Waals surface area (Å²) in [7, 11) is 0. The Morgan fingerprint density at radius 1 is 1.41 bits per heavy atom. The van der Waals surface area contributed by atoms with E-state index in [1.54, 1.807) is 0 Å². The average Bonchev–Trinajstić information content (AvgIpc) is 2.59. The highest BCUT2D eigenvalue weighted by Gasteiger charge is 2.93. The first-order valence-corrected chi connectivity index (χ1v) is 5.61. The number of amidine groups is 1. The molecule has 1 aliphatic carbocycles. The van der Waals surface area contributed by atoms with E-state index in [1.165, 1.54) is 0 Å². The van der Waals surface area contributed by atoms with Gasteiger partial charge in [0, 0.05) is 5.92 Å². The van der Waals surface area contributed by atoms with Crippen molar-refractivity contribution in [1.29, 1.82) is 10.5 Å². The number of hydrogen-bond acceptors (Lipinski definition) is 6. The van der Waals surface area contributed by atoms with Crippen LogP contribution in [0.4, 0.5) is 0 Å². The number of nitrogens with zero attached hydrogens (tertiary/aromatic N) is 3.